The molecule has 0 aliphatic heterocycles. The summed E-state index contributed by atoms with van der Waals surface area (Å²) in [4.78, 5) is 0. The summed E-state index contributed by atoms with van der Waals surface area (Å²) in [6.45, 7) is 7.57. The summed E-state index contributed by atoms with van der Waals surface area (Å²) >= 11 is 0. The van der Waals surface area contributed by atoms with E-state index >= 15 is 0 Å². The standard InChI is InChI=1S/C18H25NO3/c1-5-10-21-18-11-15(7-9-17(18)20-4)12-19-14(3)16-8-6-13(2)22-16/h6-9,11,14,19H,5,10,12H2,1-4H3. The minimum Gasteiger partial charge on any atom is -0.493 e. The van der Waals surface area contributed by atoms with E-state index in [1.807, 2.05) is 37.3 Å². The average molecular weight is 303 g/mol. The molecular formula is C18H25NO3. The lowest BCUT2D eigenvalue weighted by Crippen LogP contribution is -2.17. The number of ether oxygens (including phenoxy) is 2. The van der Waals surface area contributed by atoms with E-state index in [0.717, 1.165) is 41.5 Å². The van der Waals surface area contributed by atoms with Gasteiger partial charge in [-0.15, -0.1) is 0 Å². The van der Waals surface area contributed by atoms with Crippen LogP contribution in [0.15, 0.2) is 34.7 Å². The van der Waals surface area contributed by atoms with Crippen LogP contribution in [0.3, 0.4) is 0 Å². The van der Waals surface area contributed by atoms with E-state index in [4.69, 9.17) is 13.9 Å². The van der Waals surface area contributed by atoms with Crippen LogP contribution in [-0.2, 0) is 6.54 Å². The summed E-state index contributed by atoms with van der Waals surface area (Å²) in [5.74, 6) is 3.45. The van der Waals surface area contributed by atoms with Gasteiger partial charge in [0.1, 0.15) is 11.5 Å². The third-order valence-corrected chi connectivity index (χ3v) is 3.49. The fourth-order valence-electron chi connectivity index (χ4n) is 2.21. The van der Waals surface area contributed by atoms with Gasteiger partial charge in [-0.1, -0.05) is 13.0 Å². The molecule has 2 rings (SSSR count). The van der Waals surface area contributed by atoms with Gasteiger partial charge in [0.25, 0.3) is 0 Å². The van der Waals surface area contributed by atoms with Crippen LogP contribution in [0.1, 0.15) is 43.4 Å². The van der Waals surface area contributed by atoms with Crippen molar-refractivity contribution >= 4 is 0 Å². The predicted molar refractivity (Wildman–Crippen MR) is 87.5 cm³/mol. The maximum atomic E-state index is 5.74. The van der Waals surface area contributed by atoms with E-state index in [-0.39, 0.29) is 6.04 Å². The molecule has 1 N–H and O–H groups in total. The lowest BCUT2D eigenvalue weighted by atomic mass is 10.1. The van der Waals surface area contributed by atoms with Crippen LogP contribution in [0.4, 0.5) is 0 Å². The van der Waals surface area contributed by atoms with Crippen molar-refractivity contribution in [3.63, 3.8) is 0 Å². The van der Waals surface area contributed by atoms with Gasteiger partial charge in [0, 0.05) is 6.54 Å². The van der Waals surface area contributed by atoms with Crippen LogP contribution in [-0.4, -0.2) is 13.7 Å². The molecule has 0 amide bonds. The molecule has 0 bridgehead atoms. The molecule has 1 aromatic carbocycles. The largest absolute Gasteiger partial charge is 0.493 e. The first-order valence-electron chi connectivity index (χ1n) is 7.73. The van der Waals surface area contributed by atoms with E-state index in [0.29, 0.717) is 6.61 Å². The van der Waals surface area contributed by atoms with E-state index in [2.05, 4.69) is 19.2 Å². The lowest BCUT2D eigenvalue weighted by molar-refractivity contribution is 0.294. The van der Waals surface area contributed by atoms with Crippen LogP contribution in [0, 0.1) is 6.92 Å². The van der Waals surface area contributed by atoms with Crippen LogP contribution in [0.5, 0.6) is 11.5 Å². The molecule has 1 atom stereocenters. The third-order valence-electron chi connectivity index (χ3n) is 3.49. The number of furan rings is 1. The monoisotopic (exact) mass is 303 g/mol. The van der Waals surface area contributed by atoms with E-state index < -0.39 is 0 Å². The Hall–Kier alpha value is -1.94. The summed E-state index contributed by atoms with van der Waals surface area (Å²) in [7, 11) is 1.66. The highest BCUT2D eigenvalue weighted by molar-refractivity contribution is 5.43. The number of methoxy groups -OCH3 is 1. The fourth-order valence-corrected chi connectivity index (χ4v) is 2.21. The molecule has 0 aliphatic carbocycles. The highest BCUT2D eigenvalue weighted by Crippen LogP contribution is 2.28. The van der Waals surface area contributed by atoms with E-state index in [9.17, 15) is 0 Å². The number of hydrogen-bond donors (Lipinski definition) is 1. The van der Waals surface area contributed by atoms with Crippen LogP contribution < -0.4 is 14.8 Å². The van der Waals surface area contributed by atoms with Gasteiger partial charge in [0.15, 0.2) is 11.5 Å². The quantitative estimate of drug-likeness (QED) is 0.792. The molecule has 0 saturated carbocycles. The third kappa shape index (κ3) is 4.28. The number of nitrogens with one attached hydrogen (secondary N) is 1. The Morgan fingerprint density at radius 2 is 2.00 bits per heavy atom. The molecule has 0 radical (unpaired) electrons. The Labute approximate surface area is 132 Å². The van der Waals surface area contributed by atoms with Crippen LogP contribution in [0.25, 0.3) is 0 Å². The Kier molecular flexibility index (Phi) is 5.90. The Bertz CT molecular complexity index is 592. The molecular weight excluding hydrogens is 278 g/mol. The molecule has 0 aliphatic rings. The minimum atomic E-state index is 0.163. The first-order valence-corrected chi connectivity index (χ1v) is 7.73. The van der Waals surface area contributed by atoms with Gasteiger partial charge in [-0.3, -0.25) is 0 Å². The van der Waals surface area contributed by atoms with Crippen molar-refractivity contribution in [2.45, 2.75) is 39.8 Å². The Morgan fingerprint density at radius 1 is 1.18 bits per heavy atom. The maximum Gasteiger partial charge on any atom is 0.161 e. The van der Waals surface area contributed by atoms with E-state index in [1.54, 1.807) is 7.11 Å². The van der Waals surface area contributed by atoms with E-state index in [1.165, 1.54) is 0 Å². The summed E-state index contributed by atoms with van der Waals surface area (Å²) in [6, 6.07) is 10.2. The molecule has 4 heteroatoms. The number of rotatable bonds is 8. The Balaban J connectivity index is 2.00. The molecule has 120 valence electrons. The summed E-state index contributed by atoms with van der Waals surface area (Å²) in [5.41, 5.74) is 1.15. The molecule has 0 fully saturated rings. The lowest BCUT2D eigenvalue weighted by Gasteiger charge is -2.14. The van der Waals surface area contributed by atoms with Crippen molar-refractivity contribution < 1.29 is 13.9 Å². The van der Waals surface area contributed by atoms with Crippen molar-refractivity contribution in [3.8, 4) is 11.5 Å². The number of benzene rings is 1. The molecule has 4 nitrogen and oxygen atoms in total. The molecule has 2 aromatic rings. The second kappa shape index (κ2) is 7.90. The summed E-state index contributed by atoms with van der Waals surface area (Å²) in [5, 5.41) is 3.46. The minimum absolute atomic E-state index is 0.163. The van der Waals surface area contributed by atoms with Crippen molar-refractivity contribution in [2.75, 3.05) is 13.7 Å². The number of hydrogen-bond acceptors (Lipinski definition) is 4. The fraction of sp³-hybridized carbons (Fsp3) is 0.444. The van der Waals surface area contributed by atoms with Gasteiger partial charge >= 0.3 is 0 Å². The zero-order chi connectivity index (χ0) is 15.9. The highest BCUT2D eigenvalue weighted by Gasteiger charge is 2.10. The van der Waals surface area contributed by atoms with Gasteiger partial charge in [-0.2, -0.15) is 0 Å². The van der Waals surface area contributed by atoms with Crippen molar-refractivity contribution in [3.05, 3.63) is 47.4 Å². The first-order chi connectivity index (χ1) is 10.6. The van der Waals surface area contributed by atoms with Gasteiger partial charge in [0.05, 0.1) is 19.8 Å². The van der Waals surface area contributed by atoms with Gasteiger partial charge < -0.3 is 19.2 Å². The normalized spacial score (nSPS) is 12.2. The van der Waals surface area contributed by atoms with Crippen molar-refractivity contribution in [2.24, 2.45) is 0 Å². The molecule has 0 spiro atoms. The molecule has 1 aromatic heterocycles. The maximum absolute atomic E-state index is 5.74. The highest BCUT2D eigenvalue weighted by atomic mass is 16.5. The Morgan fingerprint density at radius 3 is 2.64 bits per heavy atom. The molecule has 1 unspecified atom stereocenters. The number of aryl methyl sites for hydroxylation is 1. The van der Waals surface area contributed by atoms with Gasteiger partial charge in [0.2, 0.25) is 0 Å². The predicted octanol–water partition coefficient (Wildman–Crippen LogP) is 4.24. The zero-order valence-electron chi connectivity index (χ0n) is 13.8. The van der Waals surface area contributed by atoms with Crippen LogP contribution >= 0.6 is 0 Å². The topological polar surface area (TPSA) is 43.6 Å². The average Bonchev–Trinajstić information content (AvgIpc) is 2.97. The second-order valence-electron chi connectivity index (χ2n) is 5.38. The smallest absolute Gasteiger partial charge is 0.161 e. The van der Waals surface area contributed by atoms with Gasteiger partial charge in [-0.05, 0) is 50.1 Å². The van der Waals surface area contributed by atoms with Gasteiger partial charge in [-0.25, -0.2) is 0 Å². The van der Waals surface area contributed by atoms with Crippen molar-refractivity contribution in [1.82, 2.24) is 5.32 Å². The summed E-state index contributed by atoms with van der Waals surface area (Å²) < 4.78 is 16.7. The molecule has 0 saturated heterocycles. The first kappa shape index (κ1) is 16.4. The van der Waals surface area contributed by atoms with Crippen LogP contribution in [0.2, 0.25) is 0 Å². The second-order valence-corrected chi connectivity index (χ2v) is 5.38. The molecule has 1 heterocycles. The summed E-state index contributed by atoms with van der Waals surface area (Å²) in [6.07, 6.45) is 0.973. The van der Waals surface area contributed by atoms with Crippen molar-refractivity contribution in [1.29, 1.82) is 0 Å². The zero-order valence-corrected chi connectivity index (χ0v) is 13.8. The SMILES string of the molecule is CCCOc1cc(CNC(C)c2ccc(C)o2)ccc1OC. The molecule has 22 heavy (non-hydrogen) atoms.